The minimum Gasteiger partial charge on any atom is -0.337 e. The molecule has 0 aliphatic heterocycles. The SMILES string of the molecule is CC(CNC(=O)Nc1ccc(Cl)cc1)c1ccccc1. The number of urea groups is 1. The summed E-state index contributed by atoms with van der Waals surface area (Å²) >= 11 is 5.79. The summed E-state index contributed by atoms with van der Waals surface area (Å²) < 4.78 is 0. The van der Waals surface area contributed by atoms with Crippen molar-refractivity contribution in [1.82, 2.24) is 5.32 Å². The molecule has 4 heteroatoms. The lowest BCUT2D eigenvalue weighted by molar-refractivity contribution is 0.251. The molecule has 2 amide bonds. The Bertz CT molecular complexity index is 554. The Balaban J connectivity index is 1.82. The molecule has 0 saturated carbocycles. The number of anilines is 1. The Morgan fingerprint density at radius 1 is 1.10 bits per heavy atom. The smallest absolute Gasteiger partial charge is 0.319 e. The third kappa shape index (κ3) is 4.28. The first-order chi connectivity index (χ1) is 9.65. The van der Waals surface area contributed by atoms with Crippen LogP contribution in [0.1, 0.15) is 18.4 Å². The van der Waals surface area contributed by atoms with Gasteiger partial charge in [0.05, 0.1) is 0 Å². The lowest BCUT2D eigenvalue weighted by Crippen LogP contribution is -2.31. The van der Waals surface area contributed by atoms with E-state index in [0.29, 0.717) is 11.6 Å². The molecule has 1 unspecified atom stereocenters. The van der Waals surface area contributed by atoms with Gasteiger partial charge in [-0.15, -0.1) is 0 Å². The maximum atomic E-state index is 11.8. The largest absolute Gasteiger partial charge is 0.337 e. The molecule has 0 heterocycles. The summed E-state index contributed by atoms with van der Waals surface area (Å²) in [6.45, 7) is 2.67. The fourth-order valence-electron chi connectivity index (χ4n) is 1.85. The summed E-state index contributed by atoms with van der Waals surface area (Å²) in [6.07, 6.45) is 0. The molecule has 0 spiro atoms. The Hall–Kier alpha value is -2.00. The number of halogens is 1. The summed E-state index contributed by atoms with van der Waals surface area (Å²) in [7, 11) is 0. The van der Waals surface area contributed by atoms with Crippen LogP contribution in [0.3, 0.4) is 0 Å². The number of nitrogens with one attached hydrogen (secondary N) is 2. The van der Waals surface area contributed by atoms with Gasteiger partial charge in [-0.2, -0.15) is 0 Å². The average Bonchev–Trinajstić information content (AvgIpc) is 2.48. The lowest BCUT2D eigenvalue weighted by Gasteiger charge is -2.13. The predicted molar refractivity (Wildman–Crippen MR) is 83.3 cm³/mol. The molecule has 20 heavy (non-hydrogen) atoms. The highest BCUT2D eigenvalue weighted by Gasteiger charge is 2.07. The van der Waals surface area contributed by atoms with Crippen LogP contribution >= 0.6 is 11.6 Å². The van der Waals surface area contributed by atoms with Gasteiger partial charge in [-0.05, 0) is 35.7 Å². The van der Waals surface area contributed by atoms with Crippen molar-refractivity contribution in [3.63, 3.8) is 0 Å². The highest BCUT2D eigenvalue weighted by molar-refractivity contribution is 6.30. The van der Waals surface area contributed by atoms with Crippen molar-refractivity contribution in [3.05, 3.63) is 65.2 Å². The van der Waals surface area contributed by atoms with Crippen LogP contribution in [0.4, 0.5) is 10.5 Å². The van der Waals surface area contributed by atoms with E-state index < -0.39 is 0 Å². The van der Waals surface area contributed by atoms with E-state index in [2.05, 4.69) is 29.7 Å². The first-order valence-electron chi connectivity index (χ1n) is 6.50. The van der Waals surface area contributed by atoms with E-state index in [1.807, 2.05) is 18.2 Å². The lowest BCUT2D eigenvalue weighted by atomic mass is 10.0. The van der Waals surface area contributed by atoms with E-state index in [1.165, 1.54) is 5.56 Å². The summed E-state index contributed by atoms with van der Waals surface area (Å²) in [5.41, 5.74) is 1.93. The maximum absolute atomic E-state index is 11.8. The zero-order valence-electron chi connectivity index (χ0n) is 11.3. The van der Waals surface area contributed by atoms with E-state index in [0.717, 1.165) is 5.69 Å². The van der Waals surface area contributed by atoms with Crippen LogP contribution < -0.4 is 10.6 Å². The second-order valence-corrected chi connectivity index (χ2v) is 5.09. The van der Waals surface area contributed by atoms with E-state index >= 15 is 0 Å². The number of rotatable bonds is 4. The number of amides is 2. The second-order valence-electron chi connectivity index (χ2n) is 4.65. The number of hydrogen-bond acceptors (Lipinski definition) is 1. The van der Waals surface area contributed by atoms with Gasteiger partial charge in [-0.25, -0.2) is 4.79 Å². The highest BCUT2D eigenvalue weighted by Crippen LogP contribution is 2.14. The Morgan fingerprint density at radius 2 is 1.75 bits per heavy atom. The predicted octanol–water partition coefficient (Wildman–Crippen LogP) is 4.27. The van der Waals surface area contributed by atoms with Crippen molar-refractivity contribution in [2.45, 2.75) is 12.8 Å². The van der Waals surface area contributed by atoms with Gasteiger partial charge in [0, 0.05) is 17.3 Å². The number of carbonyl (C=O) groups excluding carboxylic acids is 1. The van der Waals surface area contributed by atoms with Gasteiger partial charge in [0.25, 0.3) is 0 Å². The van der Waals surface area contributed by atoms with Crippen molar-refractivity contribution < 1.29 is 4.79 Å². The number of benzene rings is 2. The molecule has 2 aromatic carbocycles. The van der Waals surface area contributed by atoms with Crippen LogP contribution in [0.15, 0.2) is 54.6 Å². The maximum Gasteiger partial charge on any atom is 0.319 e. The normalized spacial score (nSPS) is 11.7. The molecule has 104 valence electrons. The van der Waals surface area contributed by atoms with Gasteiger partial charge in [0.1, 0.15) is 0 Å². The molecule has 0 aliphatic rings. The molecule has 1 atom stereocenters. The molecule has 2 N–H and O–H groups in total. The molecule has 2 rings (SSSR count). The van der Waals surface area contributed by atoms with Gasteiger partial charge < -0.3 is 10.6 Å². The molecule has 2 aromatic rings. The minimum atomic E-state index is -0.213. The fraction of sp³-hybridized carbons (Fsp3) is 0.188. The van der Waals surface area contributed by atoms with Gasteiger partial charge in [0.15, 0.2) is 0 Å². The van der Waals surface area contributed by atoms with E-state index in [-0.39, 0.29) is 11.9 Å². The minimum absolute atomic E-state index is 0.213. The summed E-state index contributed by atoms with van der Waals surface area (Å²) in [5.74, 6) is 0.271. The second kappa shape index (κ2) is 6.96. The molecule has 0 aliphatic carbocycles. The topological polar surface area (TPSA) is 41.1 Å². The third-order valence-corrected chi connectivity index (χ3v) is 3.29. The quantitative estimate of drug-likeness (QED) is 0.867. The number of hydrogen-bond donors (Lipinski definition) is 2. The van der Waals surface area contributed by atoms with Crippen LogP contribution in [0.25, 0.3) is 0 Å². The Labute approximate surface area is 124 Å². The molecule has 0 bridgehead atoms. The highest BCUT2D eigenvalue weighted by atomic mass is 35.5. The molecule has 0 aromatic heterocycles. The van der Waals surface area contributed by atoms with Gasteiger partial charge in [-0.1, -0.05) is 48.9 Å². The van der Waals surface area contributed by atoms with E-state index in [1.54, 1.807) is 24.3 Å². The molecular formula is C16H17ClN2O. The molecule has 0 fully saturated rings. The van der Waals surface area contributed by atoms with Crippen molar-refractivity contribution in [2.75, 3.05) is 11.9 Å². The van der Waals surface area contributed by atoms with Crippen molar-refractivity contribution in [1.29, 1.82) is 0 Å². The Morgan fingerprint density at radius 3 is 2.40 bits per heavy atom. The first-order valence-corrected chi connectivity index (χ1v) is 6.88. The Kier molecular flexibility index (Phi) is 5.02. The van der Waals surface area contributed by atoms with Crippen LogP contribution in [0.2, 0.25) is 5.02 Å². The number of carbonyl (C=O) groups is 1. The standard InChI is InChI=1S/C16H17ClN2O/c1-12(13-5-3-2-4-6-13)11-18-16(20)19-15-9-7-14(17)8-10-15/h2-10,12H,11H2,1H3,(H2,18,19,20). The van der Waals surface area contributed by atoms with E-state index in [9.17, 15) is 4.79 Å². The van der Waals surface area contributed by atoms with Crippen LogP contribution in [0.5, 0.6) is 0 Å². The van der Waals surface area contributed by atoms with E-state index in [4.69, 9.17) is 11.6 Å². The van der Waals surface area contributed by atoms with Gasteiger partial charge in [0.2, 0.25) is 0 Å². The van der Waals surface area contributed by atoms with Gasteiger partial charge in [-0.3, -0.25) is 0 Å². The first kappa shape index (κ1) is 14.4. The van der Waals surface area contributed by atoms with Gasteiger partial charge >= 0.3 is 6.03 Å². The molecule has 0 radical (unpaired) electrons. The van der Waals surface area contributed by atoms with Crippen LogP contribution in [-0.4, -0.2) is 12.6 Å². The summed E-state index contributed by atoms with van der Waals surface area (Å²) in [6, 6.07) is 16.9. The van der Waals surface area contributed by atoms with Crippen LogP contribution in [0, 0.1) is 0 Å². The zero-order chi connectivity index (χ0) is 14.4. The summed E-state index contributed by atoms with van der Waals surface area (Å²) in [4.78, 5) is 11.8. The van der Waals surface area contributed by atoms with Crippen molar-refractivity contribution in [2.24, 2.45) is 0 Å². The van der Waals surface area contributed by atoms with Crippen molar-refractivity contribution in [3.8, 4) is 0 Å². The molecule has 3 nitrogen and oxygen atoms in total. The molecule has 0 saturated heterocycles. The van der Waals surface area contributed by atoms with Crippen molar-refractivity contribution >= 4 is 23.3 Å². The monoisotopic (exact) mass is 288 g/mol. The fourth-order valence-corrected chi connectivity index (χ4v) is 1.98. The molecular weight excluding hydrogens is 272 g/mol. The average molecular weight is 289 g/mol. The third-order valence-electron chi connectivity index (χ3n) is 3.04. The summed E-state index contributed by atoms with van der Waals surface area (Å²) in [5, 5.41) is 6.28. The van der Waals surface area contributed by atoms with Crippen LogP contribution in [-0.2, 0) is 0 Å². The zero-order valence-corrected chi connectivity index (χ0v) is 12.0.